The summed E-state index contributed by atoms with van der Waals surface area (Å²) in [6.45, 7) is 2.07. The van der Waals surface area contributed by atoms with E-state index in [0.717, 1.165) is 35.9 Å². The van der Waals surface area contributed by atoms with Gasteiger partial charge in [0.15, 0.2) is 5.13 Å². The van der Waals surface area contributed by atoms with Crippen LogP contribution in [0.15, 0.2) is 48.5 Å². The molecule has 0 spiro atoms. The SMILES string of the molecule is COc1ccccc1C1CCN(c2nc3ccccc3s2)C1. The van der Waals surface area contributed by atoms with Crippen LogP contribution in [0.2, 0.25) is 0 Å². The van der Waals surface area contributed by atoms with Gasteiger partial charge in [-0.05, 0) is 30.2 Å². The smallest absolute Gasteiger partial charge is 0.186 e. The van der Waals surface area contributed by atoms with Gasteiger partial charge in [0.1, 0.15) is 5.75 Å². The maximum absolute atomic E-state index is 5.52. The number of thiazole rings is 1. The normalized spacial score (nSPS) is 18.0. The molecule has 0 radical (unpaired) electrons. The van der Waals surface area contributed by atoms with Gasteiger partial charge in [0, 0.05) is 19.0 Å². The van der Waals surface area contributed by atoms with Crippen LogP contribution in [0.1, 0.15) is 17.9 Å². The van der Waals surface area contributed by atoms with Crippen molar-refractivity contribution in [3.8, 4) is 5.75 Å². The fourth-order valence-corrected chi connectivity index (χ4v) is 4.19. The molecule has 4 rings (SSSR count). The molecule has 1 fully saturated rings. The van der Waals surface area contributed by atoms with Crippen LogP contribution in [0, 0.1) is 0 Å². The molecule has 1 aliphatic heterocycles. The number of fused-ring (bicyclic) bond motifs is 1. The van der Waals surface area contributed by atoms with Gasteiger partial charge in [-0.2, -0.15) is 0 Å². The van der Waals surface area contributed by atoms with Crippen LogP contribution in [0.5, 0.6) is 5.75 Å². The van der Waals surface area contributed by atoms with Crippen molar-refractivity contribution >= 4 is 26.7 Å². The molecule has 2 aromatic carbocycles. The molecule has 1 atom stereocenters. The molecule has 2 heterocycles. The van der Waals surface area contributed by atoms with Crippen molar-refractivity contribution in [3.63, 3.8) is 0 Å². The van der Waals surface area contributed by atoms with Crippen molar-refractivity contribution in [2.45, 2.75) is 12.3 Å². The highest BCUT2D eigenvalue weighted by molar-refractivity contribution is 7.22. The largest absolute Gasteiger partial charge is 0.496 e. The predicted molar refractivity (Wildman–Crippen MR) is 92.2 cm³/mol. The molecule has 1 unspecified atom stereocenters. The Hall–Kier alpha value is -2.07. The minimum absolute atomic E-state index is 0.517. The summed E-state index contributed by atoms with van der Waals surface area (Å²) < 4.78 is 6.78. The summed E-state index contributed by atoms with van der Waals surface area (Å²) in [5, 5.41) is 1.14. The topological polar surface area (TPSA) is 25.4 Å². The number of rotatable bonds is 3. The second-order valence-electron chi connectivity index (χ2n) is 5.64. The third-order valence-corrected chi connectivity index (χ3v) is 5.42. The Labute approximate surface area is 134 Å². The van der Waals surface area contributed by atoms with Crippen LogP contribution in [-0.4, -0.2) is 25.2 Å². The lowest BCUT2D eigenvalue weighted by Gasteiger charge is -2.16. The minimum Gasteiger partial charge on any atom is -0.496 e. The van der Waals surface area contributed by atoms with Gasteiger partial charge in [-0.3, -0.25) is 0 Å². The van der Waals surface area contributed by atoms with Gasteiger partial charge in [-0.15, -0.1) is 0 Å². The number of methoxy groups -OCH3 is 1. The molecule has 0 bridgehead atoms. The van der Waals surface area contributed by atoms with Gasteiger partial charge < -0.3 is 9.64 Å². The fraction of sp³-hybridized carbons (Fsp3) is 0.278. The number of hydrogen-bond acceptors (Lipinski definition) is 4. The van der Waals surface area contributed by atoms with E-state index >= 15 is 0 Å². The molecule has 1 saturated heterocycles. The van der Waals surface area contributed by atoms with Gasteiger partial charge >= 0.3 is 0 Å². The Morgan fingerprint density at radius 1 is 1.14 bits per heavy atom. The quantitative estimate of drug-likeness (QED) is 0.721. The Bertz CT molecular complexity index is 765. The number of benzene rings is 2. The lowest BCUT2D eigenvalue weighted by atomic mass is 9.97. The number of aromatic nitrogens is 1. The zero-order valence-corrected chi connectivity index (χ0v) is 13.3. The van der Waals surface area contributed by atoms with Gasteiger partial charge in [0.2, 0.25) is 0 Å². The van der Waals surface area contributed by atoms with Crippen LogP contribution < -0.4 is 9.64 Å². The zero-order valence-electron chi connectivity index (χ0n) is 12.5. The first-order valence-electron chi connectivity index (χ1n) is 7.58. The van der Waals surface area contributed by atoms with Crippen LogP contribution in [0.25, 0.3) is 10.2 Å². The second-order valence-corrected chi connectivity index (χ2v) is 6.65. The van der Waals surface area contributed by atoms with Crippen LogP contribution in [0.3, 0.4) is 0 Å². The number of anilines is 1. The molecular weight excluding hydrogens is 292 g/mol. The van der Waals surface area contributed by atoms with Gasteiger partial charge in [0.05, 0.1) is 17.3 Å². The van der Waals surface area contributed by atoms with Crippen LogP contribution in [0.4, 0.5) is 5.13 Å². The molecule has 0 saturated carbocycles. The zero-order chi connectivity index (χ0) is 14.9. The first-order valence-corrected chi connectivity index (χ1v) is 8.40. The highest BCUT2D eigenvalue weighted by Gasteiger charge is 2.27. The summed E-state index contributed by atoms with van der Waals surface area (Å²) in [5.74, 6) is 1.52. The molecule has 1 aromatic heterocycles. The third-order valence-electron chi connectivity index (χ3n) is 4.32. The molecule has 3 nitrogen and oxygen atoms in total. The highest BCUT2D eigenvalue weighted by atomic mass is 32.1. The molecule has 3 aromatic rings. The number of hydrogen-bond donors (Lipinski definition) is 0. The molecule has 112 valence electrons. The minimum atomic E-state index is 0.517. The number of nitrogens with zero attached hydrogens (tertiary/aromatic N) is 2. The highest BCUT2D eigenvalue weighted by Crippen LogP contribution is 2.37. The molecule has 22 heavy (non-hydrogen) atoms. The van der Waals surface area contributed by atoms with E-state index in [9.17, 15) is 0 Å². The van der Waals surface area contributed by atoms with Gasteiger partial charge in [-0.1, -0.05) is 41.7 Å². The molecular formula is C18H18N2OS. The first-order chi connectivity index (χ1) is 10.8. The Balaban J connectivity index is 1.59. The number of ether oxygens (including phenoxy) is 1. The second kappa shape index (κ2) is 5.61. The number of para-hydroxylation sites is 2. The summed E-state index contributed by atoms with van der Waals surface area (Å²) in [6, 6.07) is 16.7. The van der Waals surface area contributed by atoms with Crippen molar-refractivity contribution in [1.82, 2.24) is 4.98 Å². The predicted octanol–water partition coefficient (Wildman–Crippen LogP) is 4.30. The van der Waals surface area contributed by atoms with Crippen molar-refractivity contribution in [2.24, 2.45) is 0 Å². The standard InChI is InChI=1S/C18H18N2OS/c1-21-16-8-4-2-6-14(16)13-10-11-20(12-13)18-19-15-7-3-5-9-17(15)22-18/h2-9,13H,10-12H2,1H3. The van der Waals surface area contributed by atoms with Crippen LogP contribution >= 0.6 is 11.3 Å². The van der Waals surface area contributed by atoms with Crippen molar-refractivity contribution < 1.29 is 4.74 Å². The van der Waals surface area contributed by atoms with Crippen molar-refractivity contribution in [3.05, 3.63) is 54.1 Å². The summed E-state index contributed by atoms with van der Waals surface area (Å²) in [5.41, 5.74) is 2.41. The lowest BCUT2D eigenvalue weighted by molar-refractivity contribution is 0.406. The average molecular weight is 310 g/mol. The summed E-state index contributed by atoms with van der Waals surface area (Å²) in [7, 11) is 1.75. The Morgan fingerprint density at radius 3 is 2.82 bits per heavy atom. The van der Waals surface area contributed by atoms with E-state index in [1.165, 1.54) is 10.3 Å². The van der Waals surface area contributed by atoms with Gasteiger partial charge in [-0.25, -0.2) is 4.98 Å². The Morgan fingerprint density at radius 2 is 1.95 bits per heavy atom. The molecule has 0 aliphatic carbocycles. The third kappa shape index (κ3) is 2.33. The van der Waals surface area contributed by atoms with E-state index in [2.05, 4.69) is 41.3 Å². The Kier molecular flexibility index (Phi) is 3.47. The molecule has 4 heteroatoms. The average Bonchev–Trinajstić information content (AvgIpc) is 3.21. The van der Waals surface area contributed by atoms with E-state index in [1.807, 2.05) is 12.1 Å². The van der Waals surface area contributed by atoms with E-state index in [4.69, 9.17) is 9.72 Å². The summed E-state index contributed by atoms with van der Waals surface area (Å²) in [6.07, 6.45) is 1.15. The van der Waals surface area contributed by atoms with Crippen molar-refractivity contribution in [2.75, 3.05) is 25.1 Å². The maximum atomic E-state index is 5.52. The lowest BCUT2D eigenvalue weighted by Crippen LogP contribution is -2.18. The fourth-order valence-electron chi connectivity index (χ4n) is 3.19. The van der Waals surface area contributed by atoms with Gasteiger partial charge in [0.25, 0.3) is 0 Å². The molecule has 0 amide bonds. The van der Waals surface area contributed by atoms with Crippen molar-refractivity contribution in [1.29, 1.82) is 0 Å². The summed E-state index contributed by atoms with van der Waals surface area (Å²) in [4.78, 5) is 7.18. The van der Waals surface area contributed by atoms with E-state index < -0.39 is 0 Å². The molecule has 0 N–H and O–H groups in total. The van der Waals surface area contributed by atoms with Crippen LogP contribution in [-0.2, 0) is 0 Å². The van der Waals surface area contributed by atoms with E-state index in [0.29, 0.717) is 5.92 Å². The maximum Gasteiger partial charge on any atom is 0.186 e. The monoisotopic (exact) mass is 310 g/mol. The first kappa shape index (κ1) is 13.6. The van der Waals surface area contributed by atoms with E-state index in [-0.39, 0.29) is 0 Å². The van der Waals surface area contributed by atoms with E-state index in [1.54, 1.807) is 18.4 Å². The summed E-state index contributed by atoms with van der Waals surface area (Å²) >= 11 is 1.79. The molecule has 1 aliphatic rings.